The number of hydrogen-bond donors (Lipinski definition) is 0. The highest BCUT2D eigenvalue weighted by molar-refractivity contribution is 6.14. The number of ether oxygens (including phenoxy) is 2. The fraction of sp³-hybridized carbons (Fsp3) is 0.217. The summed E-state index contributed by atoms with van der Waals surface area (Å²) in [5.41, 5.74) is 0.975. The molecular formula is C23H24N2O4. The number of pyridine rings is 1. The van der Waals surface area contributed by atoms with E-state index in [1.807, 2.05) is 37.3 Å². The number of carbonyl (C=O) groups is 1. The van der Waals surface area contributed by atoms with Crippen LogP contribution in [-0.2, 0) is 6.54 Å². The molecule has 0 radical (unpaired) electrons. The molecule has 1 amide bonds. The molecule has 3 aromatic rings. The van der Waals surface area contributed by atoms with Gasteiger partial charge in [-0.15, -0.1) is 6.58 Å². The lowest BCUT2D eigenvalue weighted by Crippen LogP contribution is -2.33. The first-order valence-corrected chi connectivity index (χ1v) is 9.32. The Kier molecular flexibility index (Phi) is 6.02. The molecule has 29 heavy (non-hydrogen) atoms. The van der Waals surface area contributed by atoms with E-state index >= 15 is 0 Å². The van der Waals surface area contributed by atoms with Crippen molar-refractivity contribution in [1.82, 2.24) is 4.57 Å². The van der Waals surface area contributed by atoms with Gasteiger partial charge in [0.1, 0.15) is 0 Å². The molecule has 0 fully saturated rings. The van der Waals surface area contributed by atoms with Gasteiger partial charge in [-0.05, 0) is 31.2 Å². The summed E-state index contributed by atoms with van der Waals surface area (Å²) in [5, 5.41) is 0.925. The summed E-state index contributed by atoms with van der Waals surface area (Å²) < 4.78 is 12.3. The van der Waals surface area contributed by atoms with Gasteiger partial charge >= 0.3 is 0 Å². The summed E-state index contributed by atoms with van der Waals surface area (Å²) in [6.45, 7) is 6.42. The normalized spacial score (nSPS) is 10.6. The minimum absolute atomic E-state index is 0.185. The SMILES string of the molecule is C=CCN(C(=O)c1cn(CC)c(=O)c2cc(OC)c(OC)cc12)c1ccccc1. The van der Waals surface area contributed by atoms with Crippen LogP contribution in [0.1, 0.15) is 17.3 Å². The fourth-order valence-electron chi connectivity index (χ4n) is 3.31. The van der Waals surface area contributed by atoms with Crippen LogP contribution in [-0.4, -0.2) is 31.2 Å². The Labute approximate surface area is 169 Å². The van der Waals surface area contributed by atoms with Gasteiger partial charge in [0.25, 0.3) is 11.5 Å². The number of benzene rings is 2. The van der Waals surface area contributed by atoms with Gasteiger partial charge in [-0.25, -0.2) is 0 Å². The first-order valence-electron chi connectivity index (χ1n) is 9.32. The summed E-state index contributed by atoms with van der Waals surface area (Å²) in [4.78, 5) is 28.1. The third kappa shape index (κ3) is 3.74. The molecular weight excluding hydrogens is 368 g/mol. The van der Waals surface area contributed by atoms with Crippen molar-refractivity contribution in [2.75, 3.05) is 25.7 Å². The standard InChI is InChI=1S/C23H24N2O4/c1-5-12-25(16-10-8-7-9-11-16)23(27)19-15-24(6-2)22(26)18-14-21(29-4)20(28-3)13-17(18)19/h5,7-11,13-15H,1,6,12H2,2-4H3. The van der Waals surface area contributed by atoms with Crippen molar-refractivity contribution in [1.29, 1.82) is 0 Å². The highest BCUT2D eigenvalue weighted by atomic mass is 16.5. The Hall–Kier alpha value is -3.54. The average Bonchev–Trinajstić information content (AvgIpc) is 2.77. The number of aryl methyl sites for hydroxylation is 1. The second-order valence-electron chi connectivity index (χ2n) is 6.43. The maximum absolute atomic E-state index is 13.6. The highest BCUT2D eigenvalue weighted by Gasteiger charge is 2.22. The van der Waals surface area contributed by atoms with Crippen molar-refractivity contribution in [3.8, 4) is 11.5 Å². The van der Waals surface area contributed by atoms with E-state index in [0.717, 1.165) is 5.69 Å². The minimum Gasteiger partial charge on any atom is -0.493 e. The van der Waals surface area contributed by atoms with Crippen LogP contribution >= 0.6 is 0 Å². The molecule has 6 nitrogen and oxygen atoms in total. The second-order valence-corrected chi connectivity index (χ2v) is 6.43. The largest absolute Gasteiger partial charge is 0.493 e. The third-order valence-corrected chi connectivity index (χ3v) is 4.79. The van der Waals surface area contributed by atoms with Gasteiger partial charge < -0.3 is 18.9 Å². The molecule has 0 aliphatic carbocycles. The van der Waals surface area contributed by atoms with Crippen LogP contribution in [0.2, 0.25) is 0 Å². The number of anilines is 1. The van der Waals surface area contributed by atoms with Gasteiger partial charge in [0.2, 0.25) is 0 Å². The minimum atomic E-state index is -0.226. The van der Waals surface area contributed by atoms with Crippen molar-refractivity contribution in [3.63, 3.8) is 0 Å². The molecule has 0 N–H and O–H groups in total. The fourth-order valence-corrected chi connectivity index (χ4v) is 3.31. The Balaban J connectivity index is 2.29. The Morgan fingerprint density at radius 3 is 2.28 bits per heavy atom. The molecule has 2 aromatic carbocycles. The zero-order valence-electron chi connectivity index (χ0n) is 16.8. The number of aromatic nitrogens is 1. The Morgan fingerprint density at radius 2 is 1.72 bits per heavy atom. The number of carbonyl (C=O) groups excluding carboxylic acids is 1. The molecule has 0 saturated carbocycles. The van der Waals surface area contributed by atoms with E-state index in [-0.39, 0.29) is 11.5 Å². The molecule has 0 saturated heterocycles. The number of fused-ring (bicyclic) bond motifs is 1. The van der Waals surface area contributed by atoms with Crippen molar-refractivity contribution in [2.45, 2.75) is 13.5 Å². The predicted molar refractivity (Wildman–Crippen MR) is 115 cm³/mol. The number of amides is 1. The maximum Gasteiger partial charge on any atom is 0.260 e. The van der Waals surface area contributed by atoms with Crippen LogP contribution < -0.4 is 19.9 Å². The maximum atomic E-state index is 13.6. The lowest BCUT2D eigenvalue weighted by atomic mass is 10.0. The van der Waals surface area contributed by atoms with E-state index in [1.165, 1.54) is 18.8 Å². The number of rotatable bonds is 7. The van der Waals surface area contributed by atoms with Crippen LogP contribution in [0, 0.1) is 0 Å². The first kappa shape index (κ1) is 20.2. The average molecular weight is 392 g/mol. The molecule has 0 atom stereocenters. The van der Waals surface area contributed by atoms with Crippen molar-refractivity contribution in [3.05, 3.63) is 77.2 Å². The predicted octanol–water partition coefficient (Wildman–Crippen LogP) is 3.87. The van der Waals surface area contributed by atoms with Gasteiger partial charge in [0.15, 0.2) is 11.5 Å². The monoisotopic (exact) mass is 392 g/mol. The molecule has 0 bridgehead atoms. The Morgan fingerprint density at radius 1 is 1.10 bits per heavy atom. The molecule has 0 aliphatic rings. The van der Waals surface area contributed by atoms with E-state index in [0.29, 0.717) is 40.9 Å². The molecule has 3 rings (SSSR count). The quantitative estimate of drug-likeness (QED) is 0.573. The van der Waals surface area contributed by atoms with E-state index in [9.17, 15) is 9.59 Å². The number of para-hydroxylation sites is 1. The zero-order valence-corrected chi connectivity index (χ0v) is 16.8. The second kappa shape index (κ2) is 8.65. The van der Waals surface area contributed by atoms with Crippen LogP contribution in [0.3, 0.4) is 0 Å². The van der Waals surface area contributed by atoms with Crippen LogP contribution in [0.5, 0.6) is 11.5 Å². The van der Waals surface area contributed by atoms with Gasteiger partial charge in [-0.1, -0.05) is 24.3 Å². The van der Waals surface area contributed by atoms with Crippen LogP contribution in [0.4, 0.5) is 5.69 Å². The van der Waals surface area contributed by atoms with E-state index < -0.39 is 0 Å². The highest BCUT2D eigenvalue weighted by Crippen LogP contribution is 2.33. The lowest BCUT2D eigenvalue weighted by Gasteiger charge is -2.23. The molecule has 1 heterocycles. The molecule has 150 valence electrons. The van der Waals surface area contributed by atoms with E-state index in [2.05, 4.69) is 6.58 Å². The van der Waals surface area contributed by atoms with Crippen LogP contribution in [0.25, 0.3) is 10.8 Å². The number of nitrogens with zero attached hydrogens (tertiary/aromatic N) is 2. The van der Waals surface area contributed by atoms with Crippen molar-refractivity contribution >= 4 is 22.4 Å². The lowest BCUT2D eigenvalue weighted by molar-refractivity contribution is 0.0990. The topological polar surface area (TPSA) is 60.8 Å². The van der Waals surface area contributed by atoms with Crippen molar-refractivity contribution < 1.29 is 14.3 Å². The summed E-state index contributed by atoms with van der Waals surface area (Å²) in [6, 6.07) is 12.7. The summed E-state index contributed by atoms with van der Waals surface area (Å²) in [5.74, 6) is 0.670. The van der Waals surface area contributed by atoms with E-state index in [4.69, 9.17) is 9.47 Å². The zero-order chi connectivity index (χ0) is 21.0. The third-order valence-electron chi connectivity index (χ3n) is 4.79. The molecule has 0 aliphatic heterocycles. The molecule has 6 heteroatoms. The number of hydrogen-bond acceptors (Lipinski definition) is 4. The molecule has 0 unspecified atom stereocenters. The Bertz CT molecular complexity index is 1100. The molecule has 1 aromatic heterocycles. The van der Waals surface area contributed by atoms with Gasteiger partial charge in [0.05, 0.1) is 25.2 Å². The molecule has 0 spiro atoms. The van der Waals surface area contributed by atoms with Crippen molar-refractivity contribution in [2.24, 2.45) is 0 Å². The van der Waals surface area contributed by atoms with Crippen LogP contribution in [0.15, 0.2) is 66.1 Å². The summed E-state index contributed by atoms with van der Waals surface area (Å²) in [7, 11) is 3.03. The number of methoxy groups -OCH3 is 2. The summed E-state index contributed by atoms with van der Waals surface area (Å²) in [6.07, 6.45) is 3.28. The van der Waals surface area contributed by atoms with Gasteiger partial charge in [-0.3, -0.25) is 9.59 Å². The van der Waals surface area contributed by atoms with E-state index in [1.54, 1.807) is 29.3 Å². The van der Waals surface area contributed by atoms with Gasteiger partial charge in [0, 0.05) is 30.4 Å². The first-order chi connectivity index (χ1) is 14.0. The smallest absolute Gasteiger partial charge is 0.260 e. The van der Waals surface area contributed by atoms with Gasteiger partial charge in [-0.2, -0.15) is 0 Å². The summed E-state index contributed by atoms with van der Waals surface area (Å²) >= 11 is 0.